The third-order valence-corrected chi connectivity index (χ3v) is 2.71. The van der Waals surface area contributed by atoms with Gasteiger partial charge in [-0.25, -0.2) is 9.78 Å². The molecule has 2 N–H and O–H groups in total. The number of amides is 1. The monoisotopic (exact) mass is 307 g/mol. The van der Waals surface area contributed by atoms with Crippen LogP contribution in [0.3, 0.4) is 0 Å². The van der Waals surface area contributed by atoms with Gasteiger partial charge in [0.2, 0.25) is 0 Å². The molecule has 21 heavy (non-hydrogen) atoms. The Morgan fingerprint density at radius 2 is 2.14 bits per heavy atom. The number of pyridine rings is 2. The molecule has 2 aromatic rings. The van der Waals surface area contributed by atoms with E-state index in [2.05, 4.69) is 15.3 Å². The molecule has 7 nitrogen and oxygen atoms in total. The molecule has 2 rings (SSSR count). The number of nitrogens with zero attached hydrogens (tertiary/aromatic N) is 1. The minimum absolute atomic E-state index is 0.122. The molecule has 0 saturated carbocycles. The number of nitrogens with one attached hydrogen (secondary N) is 2. The van der Waals surface area contributed by atoms with E-state index in [4.69, 9.17) is 16.3 Å². The third kappa shape index (κ3) is 3.90. The van der Waals surface area contributed by atoms with Crippen LogP contribution in [-0.2, 0) is 9.53 Å². The number of rotatable bonds is 4. The smallest absolute Gasteiger partial charge is 0.344 e. The van der Waals surface area contributed by atoms with E-state index in [1.807, 2.05) is 0 Å². The average molecular weight is 308 g/mol. The summed E-state index contributed by atoms with van der Waals surface area (Å²) in [5.41, 5.74) is -0.458. The molecule has 0 aliphatic rings. The van der Waals surface area contributed by atoms with E-state index < -0.39 is 24.0 Å². The van der Waals surface area contributed by atoms with Gasteiger partial charge in [-0.05, 0) is 24.3 Å². The number of aromatic amines is 1. The number of halogens is 1. The van der Waals surface area contributed by atoms with Crippen molar-refractivity contribution in [2.24, 2.45) is 0 Å². The van der Waals surface area contributed by atoms with Crippen LogP contribution in [0, 0.1) is 0 Å². The highest BCUT2D eigenvalue weighted by atomic mass is 35.5. The highest BCUT2D eigenvalue weighted by Gasteiger charge is 2.14. The van der Waals surface area contributed by atoms with Crippen molar-refractivity contribution >= 4 is 29.2 Å². The Morgan fingerprint density at radius 3 is 2.86 bits per heavy atom. The summed E-state index contributed by atoms with van der Waals surface area (Å²) in [5, 5.41) is 2.56. The second kappa shape index (κ2) is 6.67. The lowest BCUT2D eigenvalue weighted by Crippen LogP contribution is -2.24. The summed E-state index contributed by atoms with van der Waals surface area (Å²) >= 11 is 5.77. The first-order valence-corrected chi connectivity index (χ1v) is 6.21. The number of carbonyl (C=O) groups is 2. The van der Waals surface area contributed by atoms with E-state index >= 15 is 0 Å². The van der Waals surface area contributed by atoms with Crippen molar-refractivity contribution in [2.45, 2.75) is 0 Å². The molecular weight excluding hydrogens is 298 g/mol. The summed E-state index contributed by atoms with van der Waals surface area (Å²) in [6, 6.07) is 5.93. The molecule has 0 saturated heterocycles. The van der Waals surface area contributed by atoms with E-state index in [0.29, 0.717) is 5.69 Å². The van der Waals surface area contributed by atoms with Crippen LogP contribution in [0.15, 0.2) is 41.5 Å². The van der Waals surface area contributed by atoms with Gasteiger partial charge in [0.25, 0.3) is 11.5 Å². The van der Waals surface area contributed by atoms with Crippen molar-refractivity contribution in [3.8, 4) is 0 Å². The van der Waals surface area contributed by atoms with Gasteiger partial charge in [0.05, 0.1) is 5.69 Å². The van der Waals surface area contributed by atoms with Crippen LogP contribution in [-0.4, -0.2) is 28.5 Å². The molecule has 0 unspecified atom stereocenters. The third-order valence-electron chi connectivity index (χ3n) is 2.41. The van der Waals surface area contributed by atoms with Crippen LogP contribution >= 0.6 is 11.6 Å². The summed E-state index contributed by atoms with van der Waals surface area (Å²) in [5.74, 6) is -1.48. The fourth-order valence-electron chi connectivity index (χ4n) is 1.46. The lowest BCUT2D eigenvalue weighted by atomic mass is 10.3. The second-order valence-corrected chi connectivity index (χ2v) is 4.24. The summed E-state index contributed by atoms with van der Waals surface area (Å²) in [6.07, 6.45) is 2.86. The number of esters is 1. The van der Waals surface area contributed by atoms with Gasteiger partial charge in [-0.3, -0.25) is 9.59 Å². The molecule has 0 aromatic carbocycles. The Bertz CT molecular complexity index is 729. The van der Waals surface area contributed by atoms with Gasteiger partial charge in [0.1, 0.15) is 5.56 Å². The Kier molecular flexibility index (Phi) is 4.68. The predicted molar refractivity (Wildman–Crippen MR) is 75.2 cm³/mol. The van der Waals surface area contributed by atoms with Crippen molar-refractivity contribution in [3.05, 3.63) is 57.7 Å². The van der Waals surface area contributed by atoms with Gasteiger partial charge in [0, 0.05) is 12.4 Å². The predicted octanol–water partition coefficient (Wildman–Crippen LogP) is 1.22. The molecule has 0 aliphatic carbocycles. The van der Waals surface area contributed by atoms with Crippen LogP contribution in [0.25, 0.3) is 0 Å². The van der Waals surface area contributed by atoms with Crippen LogP contribution in [0.5, 0.6) is 0 Å². The zero-order valence-corrected chi connectivity index (χ0v) is 11.4. The fraction of sp³-hybridized carbons (Fsp3) is 0.0769. The lowest BCUT2D eigenvalue weighted by Gasteiger charge is -2.07. The molecule has 2 aromatic heterocycles. The number of hydrogen-bond acceptors (Lipinski definition) is 5. The average Bonchev–Trinajstić information content (AvgIpc) is 2.48. The molecule has 0 spiro atoms. The van der Waals surface area contributed by atoms with Gasteiger partial charge in [0.15, 0.2) is 11.8 Å². The van der Waals surface area contributed by atoms with E-state index in [0.717, 1.165) is 0 Å². The molecule has 1 amide bonds. The van der Waals surface area contributed by atoms with Crippen molar-refractivity contribution in [1.82, 2.24) is 9.97 Å². The first-order chi connectivity index (χ1) is 10.1. The number of hydrogen-bond donors (Lipinski definition) is 2. The van der Waals surface area contributed by atoms with E-state index in [9.17, 15) is 14.4 Å². The summed E-state index contributed by atoms with van der Waals surface area (Å²) < 4.78 is 4.75. The fourth-order valence-corrected chi connectivity index (χ4v) is 1.62. The lowest BCUT2D eigenvalue weighted by molar-refractivity contribution is -0.119. The van der Waals surface area contributed by atoms with Crippen molar-refractivity contribution in [1.29, 1.82) is 0 Å². The molecule has 0 bridgehead atoms. The topological polar surface area (TPSA) is 101 Å². The van der Waals surface area contributed by atoms with E-state index in [1.54, 1.807) is 12.1 Å². The largest absolute Gasteiger partial charge is 0.452 e. The number of carbonyl (C=O) groups excluding carboxylic acids is 2. The minimum atomic E-state index is -0.885. The van der Waals surface area contributed by atoms with Gasteiger partial charge >= 0.3 is 5.97 Å². The Labute approximate surface area is 123 Å². The zero-order valence-electron chi connectivity index (χ0n) is 10.6. The minimum Gasteiger partial charge on any atom is -0.452 e. The van der Waals surface area contributed by atoms with Crippen molar-refractivity contribution in [3.63, 3.8) is 0 Å². The van der Waals surface area contributed by atoms with E-state index in [-0.39, 0.29) is 10.7 Å². The van der Waals surface area contributed by atoms with Gasteiger partial charge < -0.3 is 15.0 Å². The molecule has 8 heteroatoms. The molecular formula is C13H10ClN3O4. The molecule has 0 fully saturated rings. The maximum atomic E-state index is 11.6. The maximum Gasteiger partial charge on any atom is 0.344 e. The number of ether oxygens (including phenoxy) is 1. The summed E-state index contributed by atoms with van der Waals surface area (Å²) in [6.45, 7) is -0.543. The second-order valence-electron chi connectivity index (χ2n) is 3.88. The molecule has 2 heterocycles. The van der Waals surface area contributed by atoms with Crippen molar-refractivity contribution in [2.75, 3.05) is 11.9 Å². The highest BCUT2D eigenvalue weighted by Crippen LogP contribution is 2.17. The Hall–Kier alpha value is -2.67. The molecule has 0 atom stereocenters. The SMILES string of the molecule is O=C(COC(=O)c1ccc[nH]c1=O)Nc1cccnc1Cl. The van der Waals surface area contributed by atoms with Crippen LogP contribution in [0.4, 0.5) is 5.69 Å². The maximum absolute atomic E-state index is 11.6. The summed E-state index contributed by atoms with van der Waals surface area (Å²) in [7, 11) is 0. The van der Waals surface area contributed by atoms with Gasteiger partial charge in [-0.2, -0.15) is 0 Å². The van der Waals surface area contributed by atoms with Crippen LogP contribution < -0.4 is 10.9 Å². The van der Waals surface area contributed by atoms with Gasteiger partial charge in [-0.15, -0.1) is 0 Å². The standard InChI is InChI=1S/C13H10ClN3O4/c14-11-9(4-2-5-15-11)17-10(18)7-21-13(20)8-3-1-6-16-12(8)19/h1-6H,7H2,(H,16,19)(H,17,18). The molecule has 0 radical (unpaired) electrons. The zero-order chi connectivity index (χ0) is 15.2. The van der Waals surface area contributed by atoms with Crippen molar-refractivity contribution < 1.29 is 14.3 Å². The Morgan fingerprint density at radius 1 is 1.33 bits per heavy atom. The highest BCUT2D eigenvalue weighted by molar-refractivity contribution is 6.32. The molecule has 0 aliphatic heterocycles. The van der Waals surface area contributed by atoms with Crippen LogP contribution in [0.2, 0.25) is 5.15 Å². The van der Waals surface area contributed by atoms with Crippen LogP contribution in [0.1, 0.15) is 10.4 Å². The number of aromatic nitrogens is 2. The number of H-pyrrole nitrogens is 1. The molecule has 108 valence electrons. The normalized spacial score (nSPS) is 9.95. The Balaban J connectivity index is 1.93. The summed E-state index contributed by atoms with van der Waals surface area (Å²) in [4.78, 5) is 40.7. The first-order valence-electron chi connectivity index (χ1n) is 5.83. The van der Waals surface area contributed by atoms with E-state index in [1.165, 1.54) is 24.5 Å². The number of anilines is 1. The first kappa shape index (κ1) is 14.7. The quantitative estimate of drug-likeness (QED) is 0.653. The van der Waals surface area contributed by atoms with Gasteiger partial charge in [-0.1, -0.05) is 11.6 Å².